The number of carbonyl (C=O) groups excluding carboxylic acids is 1. The lowest BCUT2D eigenvalue weighted by molar-refractivity contribution is 0.0685. The van der Waals surface area contributed by atoms with Gasteiger partial charge in [-0.15, -0.1) is 0 Å². The van der Waals surface area contributed by atoms with Gasteiger partial charge in [0.15, 0.2) is 0 Å². The molecule has 0 unspecified atom stereocenters. The van der Waals surface area contributed by atoms with Crippen molar-refractivity contribution >= 4 is 11.9 Å². The van der Waals surface area contributed by atoms with Gasteiger partial charge in [0.2, 0.25) is 5.95 Å². The summed E-state index contributed by atoms with van der Waals surface area (Å²) in [5, 5.41) is 0. The number of ether oxygens (including phenoxy) is 1. The minimum Gasteiger partial charge on any atom is -0.379 e. The molecule has 7 heteroatoms. The number of pyridine rings is 1. The zero-order valence-corrected chi connectivity index (χ0v) is 15.0. The van der Waals surface area contributed by atoms with Crippen LogP contribution in [0.5, 0.6) is 0 Å². The highest BCUT2D eigenvalue weighted by Gasteiger charge is 2.43. The Morgan fingerprint density at radius 3 is 2.81 bits per heavy atom. The average molecular weight is 353 g/mol. The van der Waals surface area contributed by atoms with E-state index in [0.29, 0.717) is 32.0 Å². The number of amides is 1. The van der Waals surface area contributed by atoms with Crippen LogP contribution < -0.4 is 4.90 Å². The molecule has 1 atom stereocenters. The van der Waals surface area contributed by atoms with Crippen molar-refractivity contribution in [2.75, 3.05) is 44.3 Å². The predicted octanol–water partition coefficient (Wildman–Crippen LogP) is 1.55. The largest absolute Gasteiger partial charge is 0.379 e. The van der Waals surface area contributed by atoms with Crippen LogP contribution in [-0.2, 0) is 4.74 Å². The van der Waals surface area contributed by atoms with Crippen LogP contribution >= 0.6 is 0 Å². The van der Waals surface area contributed by atoms with Crippen molar-refractivity contribution in [3.05, 3.63) is 48.0 Å². The van der Waals surface area contributed by atoms with Gasteiger partial charge in [0.1, 0.15) is 5.69 Å². The van der Waals surface area contributed by atoms with E-state index in [-0.39, 0.29) is 11.3 Å². The predicted molar refractivity (Wildman–Crippen MR) is 97.0 cm³/mol. The summed E-state index contributed by atoms with van der Waals surface area (Å²) < 4.78 is 5.87. The summed E-state index contributed by atoms with van der Waals surface area (Å²) in [7, 11) is 0. The van der Waals surface area contributed by atoms with Gasteiger partial charge in [0, 0.05) is 49.7 Å². The van der Waals surface area contributed by atoms with Crippen LogP contribution in [0.2, 0.25) is 0 Å². The molecule has 2 fully saturated rings. The summed E-state index contributed by atoms with van der Waals surface area (Å²) >= 11 is 0. The van der Waals surface area contributed by atoms with Crippen LogP contribution in [0.1, 0.15) is 22.6 Å². The second kappa shape index (κ2) is 6.99. The number of aromatic nitrogens is 3. The Morgan fingerprint density at radius 2 is 2.00 bits per heavy atom. The van der Waals surface area contributed by atoms with Gasteiger partial charge in [-0.05, 0) is 31.5 Å². The fourth-order valence-corrected chi connectivity index (χ4v) is 3.80. The topological polar surface area (TPSA) is 71.5 Å². The monoisotopic (exact) mass is 353 g/mol. The van der Waals surface area contributed by atoms with Gasteiger partial charge in [-0.2, -0.15) is 0 Å². The minimum absolute atomic E-state index is 0.0204. The van der Waals surface area contributed by atoms with E-state index in [9.17, 15) is 4.79 Å². The smallest absolute Gasteiger partial charge is 0.272 e. The molecule has 0 bridgehead atoms. The van der Waals surface area contributed by atoms with Crippen molar-refractivity contribution in [1.82, 2.24) is 19.9 Å². The van der Waals surface area contributed by atoms with Crippen LogP contribution in [0.3, 0.4) is 0 Å². The molecule has 2 aromatic rings. The van der Waals surface area contributed by atoms with Gasteiger partial charge < -0.3 is 14.5 Å². The van der Waals surface area contributed by atoms with Crippen molar-refractivity contribution in [2.45, 2.75) is 13.3 Å². The Hall–Kier alpha value is -2.54. The van der Waals surface area contributed by atoms with E-state index >= 15 is 0 Å². The zero-order valence-electron chi connectivity index (χ0n) is 15.0. The van der Waals surface area contributed by atoms with Crippen LogP contribution in [-0.4, -0.2) is 65.2 Å². The van der Waals surface area contributed by atoms with E-state index in [1.54, 1.807) is 18.5 Å². The molecule has 136 valence electrons. The summed E-state index contributed by atoms with van der Waals surface area (Å²) in [6.45, 7) is 6.05. The van der Waals surface area contributed by atoms with Crippen LogP contribution in [0.4, 0.5) is 5.95 Å². The maximum Gasteiger partial charge on any atom is 0.272 e. The molecular formula is C19H23N5O2. The van der Waals surface area contributed by atoms with Gasteiger partial charge in [0.25, 0.3) is 5.91 Å². The molecule has 1 amide bonds. The molecule has 4 rings (SSSR count). The van der Waals surface area contributed by atoms with Crippen LogP contribution in [0.15, 0.2) is 36.7 Å². The van der Waals surface area contributed by atoms with Gasteiger partial charge in [-0.1, -0.05) is 6.07 Å². The molecule has 2 saturated heterocycles. The molecule has 2 aliphatic rings. The maximum atomic E-state index is 13.0. The van der Waals surface area contributed by atoms with E-state index in [1.165, 1.54) is 0 Å². The van der Waals surface area contributed by atoms with Crippen molar-refractivity contribution in [2.24, 2.45) is 5.41 Å². The fourth-order valence-electron chi connectivity index (χ4n) is 3.80. The molecule has 7 nitrogen and oxygen atoms in total. The first-order valence-electron chi connectivity index (χ1n) is 8.98. The van der Waals surface area contributed by atoms with Crippen molar-refractivity contribution in [3.8, 4) is 0 Å². The first-order valence-corrected chi connectivity index (χ1v) is 8.98. The SMILES string of the molecule is Cc1cccc(C(=O)N2CCOC[C@@]3(CCN(c4ncccn4)C3)C2)n1. The van der Waals surface area contributed by atoms with E-state index in [0.717, 1.165) is 31.2 Å². The molecular weight excluding hydrogens is 330 g/mol. The quantitative estimate of drug-likeness (QED) is 0.816. The average Bonchev–Trinajstić information content (AvgIpc) is 2.96. The summed E-state index contributed by atoms with van der Waals surface area (Å²) in [4.78, 5) is 30.1. The normalized spacial score (nSPS) is 23.3. The lowest BCUT2D eigenvalue weighted by Crippen LogP contribution is -2.43. The number of rotatable bonds is 2. The standard InChI is InChI=1S/C19H23N5O2/c1-15-4-2-5-16(22-15)17(25)23-10-11-26-14-19(12-23)6-9-24(13-19)18-20-7-3-8-21-18/h2-5,7-8H,6,9-14H2,1H3/t19-/m0/s1. The van der Waals surface area contributed by atoms with Gasteiger partial charge in [-0.25, -0.2) is 15.0 Å². The third kappa shape index (κ3) is 3.39. The molecule has 26 heavy (non-hydrogen) atoms. The highest BCUT2D eigenvalue weighted by atomic mass is 16.5. The fraction of sp³-hybridized carbons (Fsp3) is 0.474. The van der Waals surface area contributed by atoms with E-state index in [4.69, 9.17) is 4.74 Å². The zero-order chi connectivity index (χ0) is 18.0. The number of hydrogen-bond donors (Lipinski definition) is 0. The van der Waals surface area contributed by atoms with Gasteiger partial charge >= 0.3 is 0 Å². The Morgan fingerprint density at radius 1 is 1.15 bits per heavy atom. The molecule has 0 aromatic carbocycles. The van der Waals surface area contributed by atoms with Crippen molar-refractivity contribution in [3.63, 3.8) is 0 Å². The molecule has 0 radical (unpaired) electrons. The van der Waals surface area contributed by atoms with E-state index < -0.39 is 0 Å². The summed E-state index contributed by atoms with van der Waals surface area (Å²) in [6, 6.07) is 7.38. The molecule has 1 spiro atoms. The van der Waals surface area contributed by atoms with Crippen molar-refractivity contribution < 1.29 is 9.53 Å². The molecule has 0 N–H and O–H groups in total. The number of aryl methyl sites for hydroxylation is 1. The van der Waals surface area contributed by atoms with Gasteiger partial charge in [0.05, 0.1) is 13.2 Å². The molecule has 2 aliphatic heterocycles. The van der Waals surface area contributed by atoms with Crippen molar-refractivity contribution in [1.29, 1.82) is 0 Å². The minimum atomic E-state index is -0.0881. The summed E-state index contributed by atoms with van der Waals surface area (Å²) in [6.07, 6.45) is 4.47. The second-order valence-corrected chi connectivity index (χ2v) is 7.16. The lowest BCUT2D eigenvalue weighted by Gasteiger charge is -2.31. The van der Waals surface area contributed by atoms with E-state index in [2.05, 4.69) is 19.9 Å². The Balaban J connectivity index is 1.52. The molecule has 2 aromatic heterocycles. The first kappa shape index (κ1) is 16.9. The van der Waals surface area contributed by atoms with Gasteiger partial charge in [-0.3, -0.25) is 4.79 Å². The number of carbonyl (C=O) groups is 1. The molecule has 4 heterocycles. The number of hydrogen-bond acceptors (Lipinski definition) is 6. The maximum absolute atomic E-state index is 13.0. The molecule has 0 aliphatic carbocycles. The van der Waals surface area contributed by atoms with Crippen LogP contribution in [0.25, 0.3) is 0 Å². The summed E-state index contributed by atoms with van der Waals surface area (Å²) in [5.41, 5.74) is 1.27. The highest BCUT2D eigenvalue weighted by molar-refractivity contribution is 5.92. The first-order chi connectivity index (χ1) is 12.7. The number of nitrogens with zero attached hydrogens (tertiary/aromatic N) is 5. The molecule has 0 saturated carbocycles. The van der Waals surface area contributed by atoms with Crippen LogP contribution in [0, 0.1) is 12.3 Å². The Bertz CT molecular complexity index is 785. The second-order valence-electron chi connectivity index (χ2n) is 7.16. The Labute approximate surface area is 153 Å². The lowest BCUT2D eigenvalue weighted by atomic mass is 9.87. The number of anilines is 1. The Kier molecular flexibility index (Phi) is 4.55. The van der Waals surface area contributed by atoms with E-state index in [1.807, 2.05) is 30.0 Å². The summed E-state index contributed by atoms with van der Waals surface area (Å²) in [5.74, 6) is 0.722. The third-order valence-electron chi connectivity index (χ3n) is 5.11. The third-order valence-corrected chi connectivity index (χ3v) is 5.11. The highest BCUT2D eigenvalue weighted by Crippen LogP contribution is 2.35.